The molecule has 3 atom stereocenters. The molecule has 3 unspecified atom stereocenters. The zero-order valence-corrected chi connectivity index (χ0v) is 12.7. The van der Waals surface area contributed by atoms with Gasteiger partial charge in [-0.1, -0.05) is 37.3 Å². The third kappa shape index (κ3) is 2.40. The molecule has 3 aromatic rings. The second kappa shape index (κ2) is 5.11. The van der Waals surface area contributed by atoms with E-state index in [9.17, 15) is 0 Å². The van der Waals surface area contributed by atoms with Gasteiger partial charge in [-0.05, 0) is 35.3 Å². The monoisotopic (exact) mass is 295 g/mol. The summed E-state index contributed by atoms with van der Waals surface area (Å²) in [4.78, 5) is 9.83. The summed E-state index contributed by atoms with van der Waals surface area (Å²) in [5, 5.41) is 6.87. The van der Waals surface area contributed by atoms with E-state index in [0.29, 0.717) is 12.0 Å². The highest BCUT2D eigenvalue weighted by Crippen LogP contribution is 2.48. The normalized spacial score (nSPS) is 22.1. The van der Waals surface area contributed by atoms with Gasteiger partial charge in [0.1, 0.15) is 17.0 Å². The van der Waals surface area contributed by atoms with Crippen LogP contribution < -0.4 is 5.32 Å². The topological polar surface area (TPSA) is 37.8 Å². The molecule has 4 heteroatoms. The van der Waals surface area contributed by atoms with Gasteiger partial charge in [-0.15, -0.1) is 11.3 Å². The van der Waals surface area contributed by atoms with E-state index in [1.54, 1.807) is 17.7 Å². The van der Waals surface area contributed by atoms with E-state index in [0.717, 1.165) is 22.0 Å². The molecule has 106 valence electrons. The first-order valence-corrected chi connectivity index (χ1v) is 8.20. The fourth-order valence-corrected chi connectivity index (χ4v) is 3.70. The summed E-state index contributed by atoms with van der Waals surface area (Å²) < 4.78 is 0. The quantitative estimate of drug-likeness (QED) is 0.770. The Kier molecular flexibility index (Phi) is 3.11. The molecule has 3 nitrogen and oxygen atoms in total. The van der Waals surface area contributed by atoms with Crippen LogP contribution in [0.25, 0.3) is 10.2 Å². The third-order valence-corrected chi connectivity index (χ3v) is 5.13. The summed E-state index contributed by atoms with van der Waals surface area (Å²) in [6.45, 7) is 2.32. The van der Waals surface area contributed by atoms with Crippen molar-refractivity contribution in [3.8, 4) is 0 Å². The number of nitrogens with zero attached hydrogens (tertiary/aromatic N) is 2. The first-order chi connectivity index (χ1) is 10.3. The number of aromatic nitrogens is 2. The Bertz CT molecular complexity index is 753. The fourth-order valence-electron chi connectivity index (χ4n) is 2.97. The molecule has 0 aliphatic heterocycles. The standard InChI is InChI=1S/C17H17N3S/c1-11-9-14(11)15(12-5-3-2-4-6-12)20-16-13-7-8-21-17(13)19-10-18-16/h2-8,10-11,14-15H,9H2,1H3,(H,18,19,20). The maximum absolute atomic E-state index is 4.46. The van der Waals surface area contributed by atoms with Gasteiger partial charge in [0, 0.05) is 0 Å². The summed E-state index contributed by atoms with van der Waals surface area (Å²) >= 11 is 1.66. The van der Waals surface area contributed by atoms with Crippen molar-refractivity contribution < 1.29 is 0 Å². The predicted molar refractivity (Wildman–Crippen MR) is 87.5 cm³/mol. The van der Waals surface area contributed by atoms with Gasteiger partial charge in [0.05, 0.1) is 11.4 Å². The van der Waals surface area contributed by atoms with E-state index in [1.807, 2.05) is 0 Å². The first kappa shape index (κ1) is 12.8. The van der Waals surface area contributed by atoms with Crippen LogP contribution in [0.15, 0.2) is 48.1 Å². The molecule has 0 saturated heterocycles. The van der Waals surface area contributed by atoms with Gasteiger partial charge < -0.3 is 5.32 Å². The molecule has 2 heterocycles. The average molecular weight is 295 g/mol. The zero-order valence-electron chi connectivity index (χ0n) is 11.9. The second-order valence-corrected chi connectivity index (χ2v) is 6.67. The summed E-state index contributed by atoms with van der Waals surface area (Å²) in [6, 6.07) is 13.1. The van der Waals surface area contributed by atoms with Gasteiger partial charge in [-0.25, -0.2) is 9.97 Å². The van der Waals surface area contributed by atoms with E-state index < -0.39 is 0 Å². The van der Waals surface area contributed by atoms with Crippen molar-refractivity contribution in [3.05, 3.63) is 53.7 Å². The van der Waals surface area contributed by atoms with Gasteiger partial charge in [-0.3, -0.25) is 0 Å². The summed E-state index contributed by atoms with van der Waals surface area (Å²) in [7, 11) is 0. The lowest BCUT2D eigenvalue weighted by Crippen LogP contribution is -2.15. The highest BCUT2D eigenvalue weighted by Gasteiger charge is 2.40. The summed E-state index contributed by atoms with van der Waals surface area (Å²) in [6.07, 6.45) is 2.93. The molecule has 1 saturated carbocycles. The van der Waals surface area contributed by atoms with Gasteiger partial charge in [-0.2, -0.15) is 0 Å². The van der Waals surface area contributed by atoms with Gasteiger partial charge in [0.2, 0.25) is 0 Å². The van der Waals surface area contributed by atoms with Crippen molar-refractivity contribution in [1.82, 2.24) is 9.97 Å². The van der Waals surface area contributed by atoms with Crippen LogP contribution in [0.5, 0.6) is 0 Å². The number of thiophene rings is 1. The molecule has 21 heavy (non-hydrogen) atoms. The van der Waals surface area contributed by atoms with Crippen LogP contribution >= 0.6 is 11.3 Å². The minimum atomic E-state index is 0.333. The number of anilines is 1. The number of nitrogens with one attached hydrogen (secondary N) is 1. The van der Waals surface area contributed by atoms with Gasteiger partial charge in [0.15, 0.2) is 0 Å². The number of fused-ring (bicyclic) bond motifs is 1. The van der Waals surface area contributed by atoms with E-state index in [-0.39, 0.29) is 0 Å². The SMILES string of the molecule is CC1CC1C(Nc1ncnc2sccc12)c1ccccc1. The van der Waals surface area contributed by atoms with Crippen molar-refractivity contribution in [2.75, 3.05) is 5.32 Å². The van der Waals surface area contributed by atoms with Crippen LogP contribution in [0, 0.1) is 11.8 Å². The van der Waals surface area contributed by atoms with Crippen LogP contribution in [0.2, 0.25) is 0 Å². The average Bonchev–Trinajstić information content (AvgIpc) is 3.04. The number of rotatable bonds is 4. The highest BCUT2D eigenvalue weighted by molar-refractivity contribution is 7.16. The molecule has 4 rings (SSSR count). The Morgan fingerprint density at radius 1 is 1.19 bits per heavy atom. The largest absolute Gasteiger partial charge is 0.362 e. The Labute approximate surface area is 128 Å². The van der Waals surface area contributed by atoms with Crippen molar-refractivity contribution in [3.63, 3.8) is 0 Å². The maximum Gasteiger partial charge on any atom is 0.138 e. The molecule has 1 aliphatic carbocycles. The lowest BCUT2D eigenvalue weighted by atomic mass is 10.0. The molecule has 0 amide bonds. The van der Waals surface area contributed by atoms with Gasteiger partial charge >= 0.3 is 0 Å². The van der Waals surface area contributed by atoms with E-state index in [4.69, 9.17) is 0 Å². The fraction of sp³-hybridized carbons (Fsp3) is 0.294. The molecular formula is C17H17N3S. The van der Waals surface area contributed by atoms with Crippen LogP contribution in [0.3, 0.4) is 0 Å². The zero-order chi connectivity index (χ0) is 14.2. The number of hydrogen-bond donors (Lipinski definition) is 1. The smallest absolute Gasteiger partial charge is 0.138 e. The van der Waals surface area contributed by atoms with E-state index >= 15 is 0 Å². The van der Waals surface area contributed by atoms with Crippen molar-refractivity contribution in [1.29, 1.82) is 0 Å². The van der Waals surface area contributed by atoms with E-state index in [1.165, 1.54) is 12.0 Å². The number of hydrogen-bond acceptors (Lipinski definition) is 4. The molecule has 1 N–H and O–H groups in total. The lowest BCUT2D eigenvalue weighted by Gasteiger charge is -2.20. The Morgan fingerprint density at radius 2 is 2.00 bits per heavy atom. The lowest BCUT2D eigenvalue weighted by molar-refractivity contribution is 0.629. The number of benzene rings is 1. The van der Waals surface area contributed by atoms with E-state index in [2.05, 4.69) is 64.0 Å². The minimum Gasteiger partial charge on any atom is -0.362 e. The summed E-state index contributed by atoms with van der Waals surface area (Å²) in [5.74, 6) is 2.42. The molecule has 0 bridgehead atoms. The summed E-state index contributed by atoms with van der Waals surface area (Å²) in [5.41, 5.74) is 1.34. The molecule has 1 aliphatic rings. The van der Waals surface area contributed by atoms with Crippen LogP contribution in [-0.4, -0.2) is 9.97 Å². The second-order valence-electron chi connectivity index (χ2n) is 5.77. The van der Waals surface area contributed by atoms with Gasteiger partial charge in [0.25, 0.3) is 0 Å². The van der Waals surface area contributed by atoms with Crippen LogP contribution in [-0.2, 0) is 0 Å². The Morgan fingerprint density at radius 3 is 2.76 bits per heavy atom. The maximum atomic E-state index is 4.46. The Hall–Kier alpha value is -1.94. The molecule has 1 aromatic carbocycles. The van der Waals surface area contributed by atoms with Crippen molar-refractivity contribution in [2.45, 2.75) is 19.4 Å². The Balaban J connectivity index is 1.70. The van der Waals surface area contributed by atoms with Crippen molar-refractivity contribution >= 4 is 27.4 Å². The first-order valence-electron chi connectivity index (χ1n) is 7.32. The minimum absolute atomic E-state index is 0.333. The predicted octanol–water partition coefficient (Wildman–Crippen LogP) is 4.50. The van der Waals surface area contributed by atoms with Crippen molar-refractivity contribution in [2.24, 2.45) is 11.8 Å². The molecule has 1 fully saturated rings. The van der Waals surface area contributed by atoms with Crippen LogP contribution in [0.4, 0.5) is 5.82 Å². The molecule has 2 aromatic heterocycles. The molecule has 0 radical (unpaired) electrons. The molecular weight excluding hydrogens is 278 g/mol. The highest BCUT2D eigenvalue weighted by atomic mass is 32.1. The third-order valence-electron chi connectivity index (χ3n) is 4.31. The molecule has 0 spiro atoms. The van der Waals surface area contributed by atoms with Crippen LogP contribution in [0.1, 0.15) is 24.9 Å².